The van der Waals surface area contributed by atoms with Crippen LogP contribution in [0.15, 0.2) is 60.7 Å². The highest BCUT2D eigenvalue weighted by Gasteiger charge is 2.31. The van der Waals surface area contributed by atoms with Gasteiger partial charge in [0.1, 0.15) is 6.61 Å². The molecule has 0 heterocycles. The van der Waals surface area contributed by atoms with Gasteiger partial charge in [-0.1, -0.05) is 74.5 Å². The number of nitrogens with two attached hydrogens (primary N) is 1. The topological polar surface area (TPSA) is 108 Å². The molecule has 0 aliphatic heterocycles. The Hall–Kier alpha value is -2.88. The van der Waals surface area contributed by atoms with E-state index in [9.17, 15) is 23.2 Å². The van der Waals surface area contributed by atoms with E-state index in [-0.39, 0.29) is 24.9 Å². The van der Waals surface area contributed by atoms with Crippen molar-refractivity contribution < 1.29 is 32.6 Å². The second-order valence-electron chi connectivity index (χ2n) is 9.38. The molecule has 3 atom stereocenters. The van der Waals surface area contributed by atoms with E-state index >= 15 is 0 Å². The Labute approximate surface area is 228 Å². The lowest BCUT2D eigenvalue weighted by Crippen LogP contribution is -2.49. The van der Waals surface area contributed by atoms with Gasteiger partial charge in [0, 0.05) is 6.42 Å². The van der Waals surface area contributed by atoms with Crippen molar-refractivity contribution in [3.63, 3.8) is 0 Å². The smallest absolute Gasteiger partial charge is 0.345 e. The summed E-state index contributed by atoms with van der Waals surface area (Å²) in [5.41, 5.74) is 7.82. The highest BCUT2D eigenvalue weighted by atomic mass is 35.5. The maximum atomic E-state index is 13.1. The van der Waals surface area contributed by atoms with Crippen LogP contribution in [0.2, 0.25) is 0 Å². The maximum absolute atomic E-state index is 13.1. The van der Waals surface area contributed by atoms with Crippen LogP contribution in [0.3, 0.4) is 0 Å². The lowest BCUT2D eigenvalue weighted by atomic mass is 9.93. The number of aryl methyl sites for hydroxylation is 1. The average Bonchev–Trinajstić information content (AvgIpc) is 2.88. The van der Waals surface area contributed by atoms with Gasteiger partial charge < -0.3 is 20.5 Å². The number of carbonyl (C=O) groups excluding carboxylic acids is 3. The fraction of sp³-hybridized carbons (Fsp3) is 0.464. The molecule has 7 nitrogen and oxygen atoms in total. The van der Waals surface area contributed by atoms with E-state index in [1.54, 1.807) is 30.3 Å². The monoisotopic (exact) mass is 554 g/mol. The van der Waals surface area contributed by atoms with Gasteiger partial charge in [-0.2, -0.15) is 8.78 Å². The number of nitrogens with one attached hydrogen (secondary N) is 1. The predicted molar refractivity (Wildman–Crippen MR) is 143 cm³/mol. The Morgan fingerprint density at radius 2 is 1.53 bits per heavy atom. The van der Waals surface area contributed by atoms with Crippen molar-refractivity contribution in [1.29, 1.82) is 0 Å². The van der Waals surface area contributed by atoms with Gasteiger partial charge in [-0.3, -0.25) is 14.4 Å². The van der Waals surface area contributed by atoms with Crippen molar-refractivity contribution in [2.24, 2.45) is 17.6 Å². The Kier molecular flexibility index (Phi) is 15.3. The van der Waals surface area contributed by atoms with E-state index in [1.165, 1.54) is 0 Å². The number of carbonyl (C=O) groups is 3. The molecule has 0 aromatic heterocycles. The Balaban J connectivity index is 0.00000722. The van der Waals surface area contributed by atoms with Gasteiger partial charge in [-0.25, -0.2) is 0 Å². The lowest BCUT2D eigenvalue weighted by Gasteiger charge is -2.23. The number of Topliss-reactive ketones (excluding diaryl/α,β-unsaturated/α-hetero) is 1. The largest absolute Gasteiger partial charge is 0.461 e. The zero-order valence-electron chi connectivity index (χ0n) is 21.7. The number of halogens is 3. The van der Waals surface area contributed by atoms with Crippen LogP contribution in [0.1, 0.15) is 44.2 Å². The number of hydrogen-bond donors (Lipinski definition) is 2. The minimum absolute atomic E-state index is 0. The summed E-state index contributed by atoms with van der Waals surface area (Å²) in [6.45, 7) is -0.0915. The number of rotatable bonds is 16. The van der Waals surface area contributed by atoms with Crippen LogP contribution in [0.5, 0.6) is 0 Å². The van der Waals surface area contributed by atoms with E-state index in [1.807, 2.05) is 44.2 Å². The molecule has 2 aromatic rings. The average molecular weight is 555 g/mol. The molecule has 0 saturated heterocycles. The van der Waals surface area contributed by atoms with Crippen molar-refractivity contribution in [2.75, 3.05) is 6.61 Å². The fourth-order valence-corrected chi connectivity index (χ4v) is 3.75. The van der Waals surface area contributed by atoms with Gasteiger partial charge in [-0.05, 0) is 36.3 Å². The van der Waals surface area contributed by atoms with Gasteiger partial charge in [0.2, 0.25) is 5.91 Å². The molecular formula is C28H37ClF2N2O5. The number of benzene rings is 2. The first-order chi connectivity index (χ1) is 17.7. The van der Waals surface area contributed by atoms with Crippen molar-refractivity contribution in [3.8, 4) is 0 Å². The standard InChI is InChI=1S/C28H36F2N2O5.ClH/c1-19(2)15-24(32-26(34)23(31)14-13-20-9-5-3-6-10-20)25(33)16-22(18-37-28(29)30)27(35)36-17-21-11-7-4-8-12-21;/h3-12,19,22-24,28H,13-18,31H2,1-2H3,(H,32,34);1H/t22-,23-,24-;/m0./s1. The third kappa shape index (κ3) is 12.6. The number of amides is 1. The van der Waals surface area contributed by atoms with Gasteiger partial charge in [0.05, 0.1) is 24.6 Å². The minimum Gasteiger partial charge on any atom is -0.461 e. The minimum atomic E-state index is -3.10. The molecule has 0 bridgehead atoms. The molecule has 0 unspecified atom stereocenters. The summed E-state index contributed by atoms with van der Waals surface area (Å²) >= 11 is 0. The summed E-state index contributed by atoms with van der Waals surface area (Å²) in [7, 11) is 0. The quantitative estimate of drug-likeness (QED) is 0.297. The number of ketones is 1. The number of esters is 1. The maximum Gasteiger partial charge on any atom is 0.345 e. The molecule has 2 rings (SSSR count). The van der Waals surface area contributed by atoms with E-state index in [0.29, 0.717) is 24.8 Å². The number of alkyl halides is 2. The van der Waals surface area contributed by atoms with Crippen LogP contribution in [0.25, 0.3) is 0 Å². The molecule has 1 amide bonds. The second kappa shape index (κ2) is 17.6. The molecule has 2 aromatic carbocycles. The van der Waals surface area contributed by atoms with E-state index in [4.69, 9.17) is 10.5 Å². The summed E-state index contributed by atoms with van der Waals surface area (Å²) in [4.78, 5) is 38.5. The number of hydrogen-bond acceptors (Lipinski definition) is 6. The van der Waals surface area contributed by atoms with Crippen molar-refractivity contribution >= 4 is 30.1 Å². The first kappa shape index (κ1) is 33.1. The Morgan fingerprint density at radius 1 is 0.947 bits per heavy atom. The molecule has 10 heteroatoms. The Bertz CT molecular complexity index is 980. The first-order valence-electron chi connectivity index (χ1n) is 12.4. The summed E-state index contributed by atoms with van der Waals surface area (Å²) in [6, 6.07) is 16.7. The molecule has 210 valence electrons. The van der Waals surface area contributed by atoms with Gasteiger partial charge in [0.25, 0.3) is 0 Å². The lowest BCUT2D eigenvalue weighted by molar-refractivity contribution is -0.166. The first-order valence-corrected chi connectivity index (χ1v) is 12.4. The Morgan fingerprint density at radius 3 is 2.08 bits per heavy atom. The summed E-state index contributed by atoms with van der Waals surface area (Å²) < 4.78 is 35.0. The summed E-state index contributed by atoms with van der Waals surface area (Å²) in [6.07, 6.45) is 0.863. The summed E-state index contributed by atoms with van der Waals surface area (Å²) in [5.74, 6) is -3.00. The van der Waals surface area contributed by atoms with Crippen LogP contribution in [-0.4, -0.2) is 43.0 Å². The van der Waals surface area contributed by atoms with Gasteiger partial charge >= 0.3 is 12.6 Å². The second-order valence-corrected chi connectivity index (χ2v) is 9.38. The highest BCUT2D eigenvalue weighted by Crippen LogP contribution is 2.16. The normalized spacial score (nSPS) is 13.3. The fourth-order valence-electron chi connectivity index (χ4n) is 3.75. The molecule has 0 spiro atoms. The predicted octanol–water partition coefficient (Wildman–Crippen LogP) is 4.46. The van der Waals surface area contributed by atoms with Crippen LogP contribution in [0.4, 0.5) is 8.78 Å². The number of ether oxygens (including phenoxy) is 2. The van der Waals surface area contributed by atoms with E-state index < -0.39 is 55.3 Å². The molecule has 0 aliphatic rings. The summed E-state index contributed by atoms with van der Waals surface area (Å²) in [5, 5.41) is 2.70. The third-order valence-electron chi connectivity index (χ3n) is 5.76. The highest BCUT2D eigenvalue weighted by molar-refractivity contribution is 5.92. The SMILES string of the molecule is CC(C)C[C@H](NC(=O)[C@@H](N)CCc1ccccc1)C(=O)C[C@@H](COC(F)F)C(=O)OCc1ccccc1.Cl. The molecule has 3 N–H and O–H groups in total. The van der Waals surface area contributed by atoms with Gasteiger partial charge in [-0.15, -0.1) is 12.4 Å². The van der Waals surface area contributed by atoms with Gasteiger partial charge in [0.15, 0.2) is 5.78 Å². The van der Waals surface area contributed by atoms with Crippen LogP contribution in [-0.2, 0) is 36.9 Å². The zero-order valence-corrected chi connectivity index (χ0v) is 22.5. The van der Waals surface area contributed by atoms with Crippen LogP contribution >= 0.6 is 12.4 Å². The van der Waals surface area contributed by atoms with E-state index in [0.717, 1.165) is 5.56 Å². The molecule has 0 saturated carbocycles. The third-order valence-corrected chi connectivity index (χ3v) is 5.76. The zero-order chi connectivity index (χ0) is 27.2. The van der Waals surface area contributed by atoms with Crippen LogP contribution in [0, 0.1) is 11.8 Å². The van der Waals surface area contributed by atoms with Crippen LogP contribution < -0.4 is 11.1 Å². The molecule has 0 radical (unpaired) electrons. The van der Waals surface area contributed by atoms with Crippen molar-refractivity contribution in [1.82, 2.24) is 5.32 Å². The van der Waals surface area contributed by atoms with Crippen molar-refractivity contribution in [3.05, 3.63) is 71.8 Å². The van der Waals surface area contributed by atoms with E-state index in [2.05, 4.69) is 10.1 Å². The molecule has 0 fully saturated rings. The van der Waals surface area contributed by atoms with Crippen molar-refractivity contribution in [2.45, 2.75) is 64.8 Å². The molecular weight excluding hydrogens is 518 g/mol. The molecule has 0 aliphatic carbocycles. The molecule has 38 heavy (non-hydrogen) atoms.